The number of fused-ring (bicyclic) bond motifs is 1. The summed E-state index contributed by atoms with van der Waals surface area (Å²) in [4.78, 5) is 17.1. The maximum atomic E-state index is 12.5. The van der Waals surface area contributed by atoms with E-state index >= 15 is 0 Å². The van der Waals surface area contributed by atoms with Crippen molar-refractivity contribution >= 4 is 38.6 Å². The molecule has 0 atom stereocenters. The Labute approximate surface area is 165 Å². The molecular weight excluding hydrogens is 404 g/mol. The lowest BCUT2D eigenvalue weighted by Gasteiger charge is -2.06. The van der Waals surface area contributed by atoms with Gasteiger partial charge in [0.1, 0.15) is 5.52 Å². The smallest absolute Gasteiger partial charge is 0.255 e. The van der Waals surface area contributed by atoms with E-state index in [1.54, 1.807) is 12.1 Å². The van der Waals surface area contributed by atoms with Crippen LogP contribution in [0.25, 0.3) is 11.1 Å². The second-order valence-electron chi connectivity index (χ2n) is 6.21. The van der Waals surface area contributed by atoms with Gasteiger partial charge in [-0.25, -0.2) is 4.98 Å². The average molecular weight is 421 g/mol. The first-order valence-corrected chi connectivity index (χ1v) is 9.47. The Hall–Kier alpha value is -2.92. The zero-order valence-electron chi connectivity index (χ0n) is 14.5. The summed E-state index contributed by atoms with van der Waals surface area (Å²) in [7, 11) is 0. The van der Waals surface area contributed by atoms with Crippen molar-refractivity contribution in [1.82, 2.24) is 4.98 Å². The molecule has 0 spiro atoms. The first-order chi connectivity index (χ1) is 13.2. The summed E-state index contributed by atoms with van der Waals surface area (Å²) in [5, 5.41) is 2.90. The molecule has 0 aliphatic rings. The van der Waals surface area contributed by atoms with Crippen molar-refractivity contribution in [1.29, 1.82) is 0 Å². The number of benzene rings is 3. The van der Waals surface area contributed by atoms with Crippen molar-refractivity contribution in [3.63, 3.8) is 0 Å². The number of halogens is 1. The lowest BCUT2D eigenvalue weighted by atomic mass is 10.1. The number of carbonyl (C=O) groups is 1. The lowest BCUT2D eigenvalue weighted by molar-refractivity contribution is 0.102. The van der Waals surface area contributed by atoms with Crippen LogP contribution in [0.3, 0.4) is 0 Å². The van der Waals surface area contributed by atoms with Crippen LogP contribution in [0.1, 0.15) is 21.8 Å². The Bertz CT molecular complexity index is 1090. The first-order valence-electron chi connectivity index (χ1n) is 8.68. The minimum atomic E-state index is -0.189. The van der Waals surface area contributed by atoms with Crippen LogP contribution in [0.2, 0.25) is 0 Å². The van der Waals surface area contributed by atoms with Gasteiger partial charge in [-0.15, -0.1) is 0 Å². The summed E-state index contributed by atoms with van der Waals surface area (Å²) in [5.41, 5.74) is 3.88. The topological polar surface area (TPSA) is 55.1 Å². The Morgan fingerprint density at radius 1 is 0.963 bits per heavy atom. The average Bonchev–Trinajstić information content (AvgIpc) is 3.11. The molecule has 0 fully saturated rings. The van der Waals surface area contributed by atoms with Crippen LogP contribution in [-0.2, 0) is 12.8 Å². The number of nitrogens with one attached hydrogen (secondary N) is 1. The zero-order valence-corrected chi connectivity index (χ0v) is 16.1. The molecule has 134 valence electrons. The van der Waals surface area contributed by atoms with Crippen LogP contribution in [-0.4, -0.2) is 10.9 Å². The van der Waals surface area contributed by atoms with Gasteiger partial charge in [-0.05, 0) is 58.2 Å². The number of aryl methyl sites for hydroxylation is 2. The highest BCUT2D eigenvalue weighted by atomic mass is 79.9. The molecule has 0 saturated heterocycles. The monoisotopic (exact) mass is 420 g/mol. The molecule has 0 radical (unpaired) electrons. The van der Waals surface area contributed by atoms with Gasteiger partial charge in [0, 0.05) is 16.5 Å². The molecule has 3 aromatic carbocycles. The molecule has 0 aliphatic carbocycles. The van der Waals surface area contributed by atoms with E-state index in [0.717, 1.165) is 28.5 Å². The van der Waals surface area contributed by atoms with Crippen LogP contribution in [0.5, 0.6) is 0 Å². The second kappa shape index (κ2) is 7.76. The minimum Gasteiger partial charge on any atom is -0.441 e. The molecule has 4 aromatic rings. The minimum absolute atomic E-state index is 0.189. The van der Waals surface area contributed by atoms with E-state index < -0.39 is 0 Å². The van der Waals surface area contributed by atoms with E-state index in [2.05, 4.69) is 38.4 Å². The van der Waals surface area contributed by atoms with Gasteiger partial charge in [0.15, 0.2) is 11.5 Å². The van der Waals surface area contributed by atoms with Crippen molar-refractivity contribution in [3.8, 4) is 0 Å². The van der Waals surface area contributed by atoms with E-state index in [0.29, 0.717) is 17.0 Å². The summed E-state index contributed by atoms with van der Waals surface area (Å²) in [6, 6.07) is 23.1. The Morgan fingerprint density at radius 3 is 2.56 bits per heavy atom. The fraction of sp³-hybridized carbons (Fsp3) is 0.0909. The van der Waals surface area contributed by atoms with Crippen molar-refractivity contribution < 1.29 is 9.21 Å². The van der Waals surface area contributed by atoms with E-state index in [9.17, 15) is 4.79 Å². The normalized spacial score (nSPS) is 10.9. The molecule has 0 bridgehead atoms. The highest BCUT2D eigenvalue weighted by molar-refractivity contribution is 9.10. The molecule has 0 saturated carbocycles. The third-order valence-electron chi connectivity index (χ3n) is 4.29. The van der Waals surface area contributed by atoms with E-state index in [-0.39, 0.29) is 5.91 Å². The molecule has 0 unspecified atom stereocenters. The molecule has 27 heavy (non-hydrogen) atoms. The number of amides is 1. The van der Waals surface area contributed by atoms with Crippen LogP contribution >= 0.6 is 15.9 Å². The van der Waals surface area contributed by atoms with Crippen molar-refractivity contribution in [3.05, 3.63) is 94.3 Å². The van der Waals surface area contributed by atoms with Crippen LogP contribution in [0.15, 0.2) is 81.7 Å². The Morgan fingerprint density at radius 2 is 1.74 bits per heavy atom. The van der Waals surface area contributed by atoms with Crippen LogP contribution in [0, 0.1) is 0 Å². The molecule has 5 heteroatoms. The maximum Gasteiger partial charge on any atom is 0.255 e. The molecule has 4 nitrogen and oxygen atoms in total. The summed E-state index contributed by atoms with van der Waals surface area (Å²) in [6.45, 7) is 0. The van der Waals surface area contributed by atoms with Gasteiger partial charge >= 0.3 is 0 Å². The second-order valence-corrected chi connectivity index (χ2v) is 7.06. The van der Waals surface area contributed by atoms with Gasteiger partial charge in [-0.1, -0.05) is 42.5 Å². The molecule has 4 rings (SSSR count). The summed E-state index contributed by atoms with van der Waals surface area (Å²) < 4.78 is 6.69. The fourth-order valence-electron chi connectivity index (χ4n) is 2.87. The van der Waals surface area contributed by atoms with E-state index in [1.807, 2.05) is 48.5 Å². The number of oxazole rings is 1. The molecular formula is C22H17BrN2O2. The first kappa shape index (κ1) is 17.5. The van der Waals surface area contributed by atoms with Gasteiger partial charge in [0.25, 0.3) is 5.91 Å². The molecule has 1 amide bonds. The van der Waals surface area contributed by atoms with Crippen LogP contribution < -0.4 is 5.32 Å². The Kier molecular flexibility index (Phi) is 5.03. The van der Waals surface area contributed by atoms with Gasteiger partial charge in [0.2, 0.25) is 0 Å². The van der Waals surface area contributed by atoms with Gasteiger partial charge in [-0.3, -0.25) is 4.79 Å². The predicted octanol–water partition coefficient (Wildman–Crippen LogP) is 5.63. The van der Waals surface area contributed by atoms with Crippen molar-refractivity contribution in [2.45, 2.75) is 12.8 Å². The van der Waals surface area contributed by atoms with Crippen molar-refractivity contribution in [2.75, 3.05) is 5.32 Å². The number of carbonyl (C=O) groups excluding carboxylic acids is 1. The van der Waals surface area contributed by atoms with Crippen LogP contribution in [0.4, 0.5) is 5.69 Å². The number of para-hydroxylation sites is 1. The Balaban J connectivity index is 1.50. The predicted molar refractivity (Wildman–Crippen MR) is 110 cm³/mol. The third-order valence-corrected chi connectivity index (χ3v) is 4.98. The number of nitrogens with zero attached hydrogens (tertiary/aromatic N) is 1. The molecule has 1 N–H and O–H groups in total. The number of aromatic nitrogens is 1. The number of hydrogen-bond acceptors (Lipinski definition) is 3. The van der Waals surface area contributed by atoms with Gasteiger partial charge in [-0.2, -0.15) is 0 Å². The van der Waals surface area contributed by atoms with Crippen molar-refractivity contribution in [2.24, 2.45) is 0 Å². The number of rotatable bonds is 5. The highest BCUT2D eigenvalue weighted by Crippen LogP contribution is 2.23. The summed E-state index contributed by atoms with van der Waals surface area (Å²) in [6.07, 6.45) is 1.58. The zero-order chi connectivity index (χ0) is 18.6. The van der Waals surface area contributed by atoms with E-state index in [4.69, 9.17) is 4.42 Å². The molecule has 0 aliphatic heterocycles. The standard InChI is InChI=1S/C22H17BrN2O2/c23-17-8-4-5-9-18(17)25-22(26)16-11-12-19-20(14-16)27-21(24-19)13-10-15-6-2-1-3-7-15/h1-9,11-12,14H,10,13H2,(H,25,26). The number of anilines is 1. The fourth-order valence-corrected chi connectivity index (χ4v) is 3.26. The summed E-state index contributed by atoms with van der Waals surface area (Å²) in [5.74, 6) is 0.489. The van der Waals surface area contributed by atoms with Gasteiger partial charge in [0.05, 0.1) is 5.69 Å². The maximum absolute atomic E-state index is 12.5. The number of hydrogen-bond donors (Lipinski definition) is 1. The SMILES string of the molecule is O=C(Nc1ccccc1Br)c1ccc2nc(CCc3ccccc3)oc2c1. The molecule has 1 heterocycles. The van der Waals surface area contributed by atoms with Gasteiger partial charge < -0.3 is 9.73 Å². The summed E-state index contributed by atoms with van der Waals surface area (Å²) >= 11 is 3.43. The quantitative estimate of drug-likeness (QED) is 0.455. The lowest BCUT2D eigenvalue weighted by Crippen LogP contribution is -2.12. The molecule has 1 aromatic heterocycles. The highest BCUT2D eigenvalue weighted by Gasteiger charge is 2.12. The third kappa shape index (κ3) is 4.09. The largest absolute Gasteiger partial charge is 0.441 e. The van der Waals surface area contributed by atoms with E-state index in [1.165, 1.54) is 5.56 Å².